The number of hydrazine groups is 1. The monoisotopic (exact) mass is 399 g/mol. The number of nitrogens with zero attached hydrogens (tertiary/aromatic N) is 2. The Morgan fingerprint density at radius 2 is 1.89 bits per heavy atom. The van der Waals surface area contributed by atoms with Gasteiger partial charge in [-0.3, -0.25) is 15.2 Å². The molecule has 0 unspecified atom stereocenters. The number of benzene rings is 1. The van der Waals surface area contributed by atoms with E-state index in [-0.39, 0.29) is 11.2 Å². The molecule has 0 radical (unpaired) electrons. The van der Waals surface area contributed by atoms with Gasteiger partial charge in [0.25, 0.3) is 5.78 Å². The summed E-state index contributed by atoms with van der Waals surface area (Å²) in [7, 11) is 0. The molecule has 0 atom stereocenters. The highest BCUT2D eigenvalue weighted by atomic mass is 35.5. The van der Waals surface area contributed by atoms with E-state index >= 15 is 0 Å². The van der Waals surface area contributed by atoms with Crippen LogP contribution in [-0.2, 0) is 0 Å². The fourth-order valence-electron chi connectivity index (χ4n) is 4.30. The third kappa shape index (κ3) is 3.44. The smallest absolute Gasteiger partial charge is 0.264 e. The van der Waals surface area contributed by atoms with Gasteiger partial charge >= 0.3 is 0 Å². The van der Waals surface area contributed by atoms with Crippen LogP contribution in [0.2, 0.25) is 5.02 Å². The molecule has 6 heteroatoms. The molecule has 2 aliphatic rings. The number of halogens is 1. The first kappa shape index (κ1) is 19.1. The van der Waals surface area contributed by atoms with Gasteiger partial charge in [-0.05, 0) is 73.4 Å². The summed E-state index contributed by atoms with van der Waals surface area (Å²) < 4.78 is 5.30. The average molecular weight is 400 g/mol. The van der Waals surface area contributed by atoms with E-state index in [4.69, 9.17) is 21.0 Å². The van der Waals surface area contributed by atoms with Gasteiger partial charge in [0.2, 0.25) is 0 Å². The van der Waals surface area contributed by atoms with Crippen molar-refractivity contribution in [2.24, 2.45) is 16.3 Å². The first-order chi connectivity index (χ1) is 13.3. The Hall–Kier alpha value is -2.27. The van der Waals surface area contributed by atoms with Crippen molar-refractivity contribution >= 4 is 28.9 Å². The van der Waals surface area contributed by atoms with Crippen LogP contribution in [0.1, 0.15) is 57.0 Å². The van der Waals surface area contributed by atoms with Gasteiger partial charge in [0, 0.05) is 5.02 Å². The summed E-state index contributed by atoms with van der Waals surface area (Å²) in [6, 6.07) is 11.0. The minimum atomic E-state index is -0.465. The van der Waals surface area contributed by atoms with Gasteiger partial charge in [-0.15, -0.1) is 0 Å². The number of carbonyl (C=O) groups excluding carboxylic acids is 1. The second-order valence-electron chi connectivity index (χ2n) is 8.81. The van der Waals surface area contributed by atoms with Gasteiger partial charge in [0.15, 0.2) is 17.3 Å². The van der Waals surface area contributed by atoms with Gasteiger partial charge in [-0.25, -0.2) is 4.99 Å². The molecule has 1 spiro atoms. The lowest BCUT2D eigenvalue weighted by Crippen LogP contribution is -2.53. The Bertz CT molecular complexity index is 874. The first-order valence-corrected chi connectivity index (χ1v) is 10.2. The van der Waals surface area contributed by atoms with Crippen molar-refractivity contribution in [1.82, 2.24) is 5.43 Å². The summed E-state index contributed by atoms with van der Waals surface area (Å²) >= 11 is 6.08. The van der Waals surface area contributed by atoms with Crippen LogP contribution >= 0.6 is 11.6 Å². The number of furan rings is 1. The van der Waals surface area contributed by atoms with Crippen molar-refractivity contribution in [3.8, 4) is 0 Å². The van der Waals surface area contributed by atoms with Crippen LogP contribution in [0.3, 0.4) is 0 Å². The number of rotatable bonds is 3. The number of amidine groups is 1. The summed E-state index contributed by atoms with van der Waals surface area (Å²) in [6.45, 7) is 6.90. The molecule has 2 heterocycles. The van der Waals surface area contributed by atoms with E-state index in [0.29, 0.717) is 22.5 Å². The number of nitrogens with one attached hydrogen (secondary N) is 1. The second-order valence-corrected chi connectivity index (χ2v) is 9.25. The molecular formula is C22H26ClN3O2. The molecule has 1 N–H and O–H groups in total. The number of anilines is 1. The zero-order valence-electron chi connectivity index (χ0n) is 16.5. The fraction of sp³-hybridized carbons (Fsp3) is 0.455. The van der Waals surface area contributed by atoms with E-state index in [1.807, 2.05) is 29.3 Å². The van der Waals surface area contributed by atoms with Crippen LogP contribution in [0.5, 0.6) is 0 Å². The lowest BCUT2D eigenvalue weighted by molar-refractivity contribution is 0.103. The Balaban J connectivity index is 1.66. The van der Waals surface area contributed by atoms with Crippen LogP contribution in [0.15, 0.2) is 52.1 Å². The average Bonchev–Trinajstić information content (AvgIpc) is 3.30. The molecule has 28 heavy (non-hydrogen) atoms. The lowest BCUT2D eigenvalue weighted by atomic mass is 9.69. The largest absolute Gasteiger partial charge is 0.461 e. The van der Waals surface area contributed by atoms with E-state index in [9.17, 15) is 4.79 Å². The zero-order chi connectivity index (χ0) is 19.9. The zero-order valence-corrected chi connectivity index (χ0v) is 17.3. The lowest BCUT2D eigenvalue weighted by Gasteiger charge is -2.45. The summed E-state index contributed by atoms with van der Waals surface area (Å²) in [5, 5.41) is 2.72. The Kier molecular flexibility index (Phi) is 4.74. The molecule has 1 aromatic carbocycles. The molecule has 1 saturated carbocycles. The quantitative estimate of drug-likeness (QED) is 0.695. The molecule has 4 rings (SSSR count). The van der Waals surface area contributed by atoms with Gasteiger partial charge < -0.3 is 4.42 Å². The van der Waals surface area contributed by atoms with E-state index in [0.717, 1.165) is 31.4 Å². The van der Waals surface area contributed by atoms with E-state index in [1.165, 1.54) is 6.26 Å². The van der Waals surface area contributed by atoms with Crippen molar-refractivity contribution in [1.29, 1.82) is 0 Å². The van der Waals surface area contributed by atoms with Crippen LogP contribution < -0.4 is 10.4 Å². The third-order valence-corrected chi connectivity index (χ3v) is 6.26. The van der Waals surface area contributed by atoms with Crippen molar-refractivity contribution < 1.29 is 9.21 Å². The van der Waals surface area contributed by atoms with Crippen molar-refractivity contribution in [2.45, 2.75) is 52.1 Å². The highest BCUT2D eigenvalue weighted by Gasteiger charge is 2.48. The van der Waals surface area contributed by atoms with Crippen molar-refractivity contribution in [3.05, 3.63) is 53.4 Å². The molecular weight excluding hydrogens is 374 g/mol. The van der Waals surface area contributed by atoms with Gasteiger partial charge in [0.1, 0.15) is 0 Å². The highest BCUT2D eigenvalue weighted by Crippen LogP contribution is 2.46. The van der Waals surface area contributed by atoms with E-state index < -0.39 is 5.66 Å². The molecule has 0 saturated heterocycles. The molecule has 1 fully saturated rings. The number of ketones is 1. The predicted molar refractivity (Wildman–Crippen MR) is 112 cm³/mol. The standard InChI is InChI=1S/C22H26ClN3O2/c1-21(2,3)15-10-12-22(13-11-15)24-20(19(27)18-5-4-14-28-18)25-26(22)17-8-6-16(23)7-9-17/h4-9,14-15H,10-13H2,1-3H3,(H,24,25). The topological polar surface area (TPSA) is 57.8 Å². The van der Waals surface area contributed by atoms with Crippen LogP contribution in [0.4, 0.5) is 5.69 Å². The Morgan fingerprint density at radius 1 is 1.21 bits per heavy atom. The minimum absolute atomic E-state index is 0.223. The molecule has 5 nitrogen and oxygen atoms in total. The Morgan fingerprint density at radius 3 is 2.46 bits per heavy atom. The number of aliphatic imine (C=N–C) groups is 1. The van der Waals surface area contributed by atoms with Gasteiger partial charge in [0.05, 0.1) is 12.0 Å². The number of Topliss-reactive ketones (excluding diaryl/α,β-unsaturated/α-hetero) is 1. The number of carbonyl (C=O) groups is 1. The van der Waals surface area contributed by atoms with Gasteiger partial charge in [-0.1, -0.05) is 32.4 Å². The number of hydrogen-bond acceptors (Lipinski definition) is 5. The molecule has 2 aromatic rings. The van der Waals surface area contributed by atoms with Crippen LogP contribution in [0, 0.1) is 11.3 Å². The van der Waals surface area contributed by atoms with Crippen molar-refractivity contribution in [3.63, 3.8) is 0 Å². The van der Waals surface area contributed by atoms with E-state index in [1.54, 1.807) is 12.1 Å². The normalized spacial score (nSPS) is 24.9. The van der Waals surface area contributed by atoms with Gasteiger partial charge in [-0.2, -0.15) is 0 Å². The van der Waals surface area contributed by atoms with Crippen molar-refractivity contribution in [2.75, 3.05) is 5.01 Å². The first-order valence-electron chi connectivity index (χ1n) is 9.79. The fourth-order valence-corrected chi connectivity index (χ4v) is 4.42. The third-order valence-electron chi connectivity index (χ3n) is 6.01. The predicted octanol–water partition coefficient (Wildman–Crippen LogP) is 5.47. The summed E-state index contributed by atoms with van der Waals surface area (Å²) in [6.07, 6.45) is 5.42. The second kappa shape index (κ2) is 6.96. The maximum absolute atomic E-state index is 12.9. The molecule has 1 aliphatic carbocycles. The maximum Gasteiger partial charge on any atom is 0.264 e. The Labute approximate surface area is 170 Å². The highest BCUT2D eigenvalue weighted by molar-refractivity contribution is 6.45. The number of hydrogen-bond donors (Lipinski definition) is 1. The molecule has 0 bridgehead atoms. The van der Waals surface area contributed by atoms with E-state index in [2.05, 4.69) is 26.2 Å². The maximum atomic E-state index is 12.9. The van der Waals surface area contributed by atoms with Crippen LogP contribution in [0.25, 0.3) is 0 Å². The summed E-state index contributed by atoms with van der Waals surface area (Å²) in [4.78, 5) is 17.8. The minimum Gasteiger partial charge on any atom is -0.461 e. The summed E-state index contributed by atoms with van der Waals surface area (Å²) in [5.41, 5.74) is 4.02. The molecule has 0 amide bonds. The molecule has 148 valence electrons. The summed E-state index contributed by atoms with van der Waals surface area (Å²) in [5.74, 6) is 1.05. The van der Waals surface area contributed by atoms with Crippen LogP contribution in [-0.4, -0.2) is 17.3 Å². The SMILES string of the molecule is CC(C)(C)C1CCC2(CC1)N=C(C(=O)c1ccco1)NN2c1ccc(Cl)cc1. The molecule has 1 aromatic heterocycles. The molecule has 1 aliphatic heterocycles.